The van der Waals surface area contributed by atoms with E-state index in [0.717, 1.165) is 37.1 Å². The molecule has 0 saturated carbocycles. The van der Waals surface area contributed by atoms with Gasteiger partial charge in [0.25, 0.3) is 0 Å². The van der Waals surface area contributed by atoms with E-state index in [9.17, 15) is 8.42 Å². The van der Waals surface area contributed by atoms with Crippen LogP contribution in [0.15, 0.2) is 18.2 Å². The van der Waals surface area contributed by atoms with E-state index in [1.54, 1.807) is 0 Å². The lowest BCUT2D eigenvalue weighted by Crippen LogP contribution is -2.48. The summed E-state index contributed by atoms with van der Waals surface area (Å²) in [6.45, 7) is 4.91. The number of thiol groups is 1. The van der Waals surface area contributed by atoms with Gasteiger partial charge in [-0.15, -0.1) is 0 Å². The zero-order valence-electron chi connectivity index (χ0n) is 14.0. The largest absolute Gasteiger partial charge is 0.378 e. The third-order valence-electron chi connectivity index (χ3n) is 4.76. The van der Waals surface area contributed by atoms with E-state index in [1.807, 2.05) is 13.0 Å². The van der Waals surface area contributed by atoms with Crippen LogP contribution >= 0.6 is 12.6 Å². The number of sulfonamides is 1. The van der Waals surface area contributed by atoms with Crippen molar-refractivity contribution in [3.05, 3.63) is 34.9 Å². The summed E-state index contributed by atoms with van der Waals surface area (Å²) in [4.78, 5) is 0. The summed E-state index contributed by atoms with van der Waals surface area (Å²) in [6.07, 6.45) is 2.10. The molecule has 1 aromatic rings. The number of piperidine rings is 1. The number of hydrogen-bond donors (Lipinski definition) is 3. The van der Waals surface area contributed by atoms with Gasteiger partial charge in [-0.1, -0.05) is 18.2 Å². The molecule has 1 unspecified atom stereocenters. The minimum absolute atomic E-state index is 0.0249. The Bertz CT molecular complexity index is 666. The highest BCUT2D eigenvalue weighted by Gasteiger charge is 2.27. The SMILES string of the molecule is CC(S)c1ccc(C2CCNCC2)c(CS(=O)(=O)NC2COC2)c1. The van der Waals surface area contributed by atoms with Crippen LogP contribution in [0.3, 0.4) is 0 Å². The molecule has 5 nitrogen and oxygen atoms in total. The summed E-state index contributed by atoms with van der Waals surface area (Å²) in [5.74, 6) is 0.449. The van der Waals surface area contributed by atoms with E-state index in [0.29, 0.717) is 19.1 Å². The lowest BCUT2D eigenvalue weighted by Gasteiger charge is -2.28. The van der Waals surface area contributed by atoms with Gasteiger partial charge in [0.1, 0.15) is 0 Å². The molecule has 1 aromatic carbocycles. The molecule has 0 amide bonds. The van der Waals surface area contributed by atoms with Crippen LogP contribution in [0.25, 0.3) is 0 Å². The molecule has 24 heavy (non-hydrogen) atoms. The number of hydrogen-bond acceptors (Lipinski definition) is 5. The molecular formula is C17H26N2O3S2. The Balaban J connectivity index is 1.85. The third kappa shape index (κ3) is 4.52. The van der Waals surface area contributed by atoms with Crippen LogP contribution in [0.2, 0.25) is 0 Å². The molecule has 2 N–H and O–H groups in total. The fraction of sp³-hybridized carbons (Fsp3) is 0.647. The van der Waals surface area contributed by atoms with Gasteiger partial charge in [-0.2, -0.15) is 12.6 Å². The van der Waals surface area contributed by atoms with Crippen LogP contribution < -0.4 is 10.0 Å². The second kappa shape index (κ2) is 7.74. The van der Waals surface area contributed by atoms with E-state index in [-0.39, 0.29) is 17.0 Å². The molecule has 0 aromatic heterocycles. The van der Waals surface area contributed by atoms with Crippen LogP contribution in [0.4, 0.5) is 0 Å². The average Bonchev–Trinajstić information content (AvgIpc) is 2.51. The Morgan fingerprint density at radius 1 is 1.33 bits per heavy atom. The van der Waals surface area contributed by atoms with Gasteiger partial charge in [0, 0.05) is 5.25 Å². The first-order chi connectivity index (χ1) is 11.4. The second-order valence-electron chi connectivity index (χ2n) is 6.77. The van der Waals surface area contributed by atoms with E-state index in [4.69, 9.17) is 4.74 Å². The lowest BCUT2D eigenvalue weighted by molar-refractivity contribution is 0.00480. The van der Waals surface area contributed by atoms with Gasteiger partial charge in [0.05, 0.1) is 25.0 Å². The maximum Gasteiger partial charge on any atom is 0.216 e. The van der Waals surface area contributed by atoms with Gasteiger partial charge in [0.2, 0.25) is 10.0 Å². The third-order valence-corrected chi connectivity index (χ3v) is 6.44. The molecule has 134 valence electrons. The minimum Gasteiger partial charge on any atom is -0.378 e. The van der Waals surface area contributed by atoms with E-state index >= 15 is 0 Å². The monoisotopic (exact) mass is 370 g/mol. The molecule has 0 spiro atoms. The number of ether oxygens (including phenoxy) is 1. The standard InChI is InChI=1S/C17H26N2O3S2/c1-12(23)14-2-3-17(13-4-6-18-7-5-13)15(8-14)11-24(20,21)19-16-9-22-10-16/h2-3,8,12-13,16,18-19,23H,4-7,9-11H2,1H3. The summed E-state index contributed by atoms with van der Waals surface area (Å²) >= 11 is 4.50. The molecule has 0 aliphatic carbocycles. The van der Waals surface area contributed by atoms with Crippen molar-refractivity contribution in [2.45, 2.75) is 42.7 Å². The van der Waals surface area contributed by atoms with Crippen molar-refractivity contribution in [3.63, 3.8) is 0 Å². The zero-order chi connectivity index (χ0) is 17.2. The molecule has 3 rings (SSSR count). The Hall–Kier alpha value is -0.600. The molecule has 0 radical (unpaired) electrons. The Morgan fingerprint density at radius 2 is 2.04 bits per heavy atom. The highest BCUT2D eigenvalue weighted by atomic mass is 32.2. The quantitative estimate of drug-likeness (QED) is 0.670. The maximum atomic E-state index is 12.5. The maximum absolute atomic E-state index is 12.5. The van der Waals surface area contributed by atoms with Crippen molar-refractivity contribution in [3.8, 4) is 0 Å². The van der Waals surface area contributed by atoms with Gasteiger partial charge in [-0.05, 0) is 55.5 Å². The highest BCUT2D eigenvalue weighted by Crippen LogP contribution is 2.32. The van der Waals surface area contributed by atoms with Gasteiger partial charge in [-0.3, -0.25) is 0 Å². The molecule has 2 saturated heterocycles. The fourth-order valence-corrected chi connectivity index (χ4v) is 4.89. The first-order valence-corrected chi connectivity index (χ1v) is 10.7. The van der Waals surface area contributed by atoms with Gasteiger partial charge in [-0.25, -0.2) is 13.1 Å². The molecule has 1 atom stereocenters. The van der Waals surface area contributed by atoms with Crippen LogP contribution in [-0.2, 0) is 20.5 Å². The Morgan fingerprint density at radius 3 is 2.62 bits per heavy atom. The number of benzene rings is 1. The normalized spacial score (nSPS) is 21.4. The molecule has 2 heterocycles. The predicted molar refractivity (Wildman–Crippen MR) is 99.1 cm³/mol. The molecule has 2 aliphatic rings. The topological polar surface area (TPSA) is 67.4 Å². The van der Waals surface area contributed by atoms with Crippen LogP contribution in [0, 0.1) is 0 Å². The zero-order valence-corrected chi connectivity index (χ0v) is 15.7. The Labute approximate surface area is 150 Å². The summed E-state index contributed by atoms with van der Waals surface area (Å²) in [5, 5.41) is 3.45. The molecule has 2 aliphatic heterocycles. The van der Waals surface area contributed by atoms with Crippen LogP contribution in [0.5, 0.6) is 0 Å². The van der Waals surface area contributed by atoms with E-state index in [1.165, 1.54) is 5.56 Å². The van der Waals surface area contributed by atoms with Gasteiger partial charge >= 0.3 is 0 Å². The summed E-state index contributed by atoms with van der Waals surface area (Å²) in [6, 6.07) is 6.13. The second-order valence-corrected chi connectivity index (χ2v) is 9.30. The molecule has 2 fully saturated rings. The van der Waals surface area contributed by atoms with Crippen LogP contribution in [-0.4, -0.2) is 40.8 Å². The Kier molecular flexibility index (Phi) is 5.87. The van der Waals surface area contributed by atoms with Crippen molar-refractivity contribution in [2.24, 2.45) is 0 Å². The van der Waals surface area contributed by atoms with Crippen molar-refractivity contribution in [2.75, 3.05) is 26.3 Å². The first-order valence-electron chi connectivity index (χ1n) is 8.54. The highest BCUT2D eigenvalue weighted by molar-refractivity contribution is 7.88. The molecule has 0 bridgehead atoms. The predicted octanol–water partition coefficient (Wildman–Crippen LogP) is 1.96. The van der Waals surface area contributed by atoms with Crippen molar-refractivity contribution < 1.29 is 13.2 Å². The van der Waals surface area contributed by atoms with Crippen molar-refractivity contribution in [1.82, 2.24) is 10.0 Å². The van der Waals surface area contributed by atoms with E-state index < -0.39 is 10.0 Å². The number of rotatable bonds is 6. The molecular weight excluding hydrogens is 344 g/mol. The average molecular weight is 371 g/mol. The fourth-order valence-electron chi connectivity index (χ4n) is 3.35. The van der Waals surface area contributed by atoms with Crippen LogP contribution in [0.1, 0.15) is 47.6 Å². The van der Waals surface area contributed by atoms with Crippen molar-refractivity contribution in [1.29, 1.82) is 0 Å². The summed E-state index contributed by atoms with van der Waals surface area (Å²) < 4.78 is 32.8. The van der Waals surface area contributed by atoms with Gasteiger partial charge < -0.3 is 10.1 Å². The van der Waals surface area contributed by atoms with Crippen molar-refractivity contribution >= 4 is 22.7 Å². The van der Waals surface area contributed by atoms with E-state index in [2.05, 4.69) is 34.8 Å². The smallest absolute Gasteiger partial charge is 0.216 e. The minimum atomic E-state index is -3.37. The first kappa shape index (κ1) is 18.2. The molecule has 7 heteroatoms. The lowest BCUT2D eigenvalue weighted by atomic mass is 9.86. The number of nitrogens with one attached hydrogen (secondary N) is 2. The summed E-state index contributed by atoms with van der Waals surface area (Å²) in [7, 11) is -3.37. The van der Waals surface area contributed by atoms with Gasteiger partial charge in [0.15, 0.2) is 0 Å². The summed E-state index contributed by atoms with van der Waals surface area (Å²) in [5.41, 5.74) is 3.14.